The van der Waals surface area contributed by atoms with Crippen LogP contribution >= 0.6 is 11.3 Å². The summed E-state index contributed by atoms with van der Waals surface area (Å²) < 4.78 is 18.2. The molecule has 3 aromatic rings. The molecular weight excluding hydrogens is 388 g/mol. The van der Waals surface area contributed by atoms with Gasteiger partial charge in [-0.1, -0.05) is 6.07 Å². The Kier molecular flexibility index (Phi) is 5.32. The third-order valence-corrected chi connectivity index (χ3v) is 6.27. The van der Waals surface area contributed by atoms with Gasteiger partial charge < -0.3 is 19.5 Å². The van der Waals surface area contributed by atoms with E-state index in [2.05, 4.69) is 16.4 Å². The monoisotopic (exact) mass is 412 g/mol. The first kappa shape index (κ1) is 19.5. The largest absolute Gasteiger partial charge is 0.493 e. The highest BCUT2D eigenvalue weighted by Gasteiger charge is 2.28. The van der Waals surface area contributed by atoms with E-state index in [0.29, 0.717) is 24.5 Å². The van der Waals surface area contributed by atoms with Crippen molar-refractivity contribution in [2.45, 2.75) is 26.4 Å². The van der Waals surface area contributed by atoms with Crippen LogP contribution in [0.2, 0.25) is 0 Å². The van der Waals surface area contributed by atoms with Crippen LogP contribution in [0.5, 0.6) is 17.2 Å². The molecule has 0 radical (unpaired) electrons. The van der Waals surface area contributed by atoms with Gasteiger partial charge in [-0.05, 0) is 49.2 Å². The van der Waals surface area contributed by atoms with E-state index in [1.165, 1.54) is 0 Å². The zero-order valence-corrected chi connectivity index (χ0v) is 17.8. The molecule has 0 bridgehead atoms. The van der Waals surface area contributed by atoms with Crippen molar-refractivity contribution >= 4 is 27.5 Å². The molecule has 0 aliphatic carbocycles. The minimum atomic E-state index is -0.0831. The number of benzene rings is 2. The van der Waals surface area contributed by atoms with Crippen LogP contribution < -0.4 is 19.5 Å². The summed E-state index contributed by atoms with van der Waals surface area (Å²) in [4.78, 5) is 16.3. The molecule has 1 N–H and O–H groups in total. The van der Waals surface area contributed by atoms with Crippen LogP contribution in [-0.4, -0.2) is 37.8 Å². The number of aryl methyl sites for hydroxylation is 1. The topological polar surface area (TPSA) is 69.7 Å². The third kappa shape index (κ3) is 3.87. The number of aromatic nitrogens is 1. The molecule has 2 heterocycles. The van der Waals surface area contributed by atoms with Crippen molar-refractivity contribution in [3.8, 4) is 28.4 Å². The Hall–Kier alpha value is -2.80. The highest BCUT2D eigenvalue weighted by atomic mass is 32.1. The molecule has 6 nitrogen and oxygen atoms in total. The number of nitrogens with zero attached hydrogens (tertiary/aromatic N) is 1. The number of thiazole rings is 1. The van der Waals surface area contributed by atoms with Gasteiger partial charge in [-0.3, -0.25) is 4.79 Å². The smallest absolute Gasteiger partial charge is 0.220 e. The molecule has 1 aliphatic rings. The van der Waals surface area contributed by atoms with E-state index in [-0.39, 0.29) is 17.9 Å². The molecule has 152 valence electrons. The maximum absolute atomic E-state index is 11.6. The Morgan fingerprint density at radius 1 is 1.10 bits per heavy atom. The number of carbonyl (C=O) groups excluding carboxylic acids is 1. The van der Waals surface area contributed by atoms with Crippen LogP contribution in [0.1, 0.15) is 18.4 Å². The lowest BCUT2D eigenvalue weighted by Gasteiger charge is -2.20. The second-order valence-electron chi connectivity index (χ2n) is 7.22. The predicted octanol–water partition coefficient (Wildman–Crippen LogP) is 4.19. The van der Waals surface area contributed by atoms with E-state index in [9.17, 15) is 4.79 Å². The molecule has 2 atom stereocenters. The summed E-state index contributed by atoms with van der Waals surface area (Å²) in [6.45, 7) is 4.67. The van der Waals surface area contributed by atoms with Crippen LogP contribution in [0.15, 0.2) is 30.3 Å². The Morgan fingerprint density at radius 3 is 2.55 bits per heavy atom. The van der Waals surface area contributed by atoms with Crippen LogP contribution in [0.3, 0.4) is 0 Å². The number of nitrogens with one attached hydrogen (secondary N) is 1. The number of hydrogen-bond acceptors (Lipinski definition) is 6. The highest BCUT2D eigenvalue weighted by molar-refractivity contribution is 7.18. The van der Waals surface area contributed by atoms with Crippen LogP contribution in [0.25, 0.3) is 21.3 Å². The summed E-state index contributed by atoms with van der Waals surface area (Å²) in [5.74, 6) is 2.40. The summed E-state index contributed by atoms with van der Waals surface area (Å²) in [7, 11) is 3.25. The Bertz CT molecular complexity index is 1060. The van der Waals surface area contributed by atoms with Gasteiger partial charge in [0.25, 0.3) is 0 Å². The van der Waals surface area contributed by atoms with Crippen molar-refractivity contribution in [3.63, 3.8) is 0 Å². The van der Waals surface area contributed by atoms with E-state index < -0.39 is 0 Å². The molecular formula is C22H24N2O4S. The van der Waals surface area contributed by atoms with Crippen molar-refractivity contribution in [2.24, 2.45) is 5.92 Å². The summed E-state index contributed by atoms with van der Waals surface area (Å²) in [6, 6.07) is 9.95. The van der Waals surface area contributed by atoms with Crippen molar-refractivity contribution in [1.82, 2.24) is 10.3 Å². The number of rotatable bonds is 6. The fraction of sp³-hybridized carbons (Fsp3) is 0.364. The number of amides is 1. The normalized spacial score (nSPS) is 17.2. The van der Waals surface area contributed by atoms with Crippen LogP contribution in [0, 0.1) is 12.8 Å². The lowest BCUT2D eigenvalue weighted by molar-refractivity contribution is -0.119. The minimum absolute atomic E-state index is 0.0831. The molecule has 29 heavy (non-hydrogen) atoms. The van der Waals surface area contributed by atoms with Crippen LogP contribution in [0.4, 0.5) is 0 Å². The molecule has 0 spiro atoms. The average molecular weight is 413 g/mol. The zero-order chi connectivity index (χ0) is 20.5. The first-order chi connectivity index (χ1) is 14.0. The highest BCUT2D eigenvalue weighted by Crippen LogP contribution is 2.39. The minimum Gasteiger partial charge on any atom is -0.493 e. The third-order valence-electron chi connectivity index (χ3n) is 5.27. The number of ether oxygens (including phenoxy) is 3. The standard InChI is InChI=1S/C22H24N2O4S/c1-12(16-10-21(25)23-11-16)28-20-9-15(7-17-22(20)29-13(2)24-17)14-5-6-18(26-3)19(8-14)27-4/h5-9,12,16H,10-11H2,1-4H3,(H,23,25)/t12-,16-/m1/s1. The van der Waals surface area contributed by atoms with Gasteiger partial charge in [-0.25, -0.2) is 4.98 Å². The number of carbonyl (C=O) groups is 1. The Morgan fingerprint density at radius 2 is 1.86 bits per heavy atom. The molecule has 0 unspecified atom stereocenters. The second kappa shape index (κ2) is 7.91. The van der Waals surface area contributed by atoms with Gasteiger partial charge in [0, 0.05) is 18.9 Å². The summed E-state index contributed by atoms with van der Waals surface area (Å²) >= 11 is 1.62. The van der Waals surface area contributed by atoms with Gasteiger partial charge >= 0.3 is 0 Å². The zero-order valence-electron chi connectivity index (χ0n) is 16.9. The van der Waals surface area contributed by atoms with E-state index in [4.69, 9.17) is 14.2 Å². The van der Waals surface area contributed by atoms with Gasteiger partial charge in [0.05, 0.1) is 29.4 Å². The van der Waals surface area contributed by atoms with Crippen LogP contribution in [-0.2, 0) is 4.79 Å². The molecule has 1 aromatic heterocycles. The Labute approximate surface area is 173 Å². The van der Waals surface area contributed by atoms with Crippen molar-refractivity contribution < 1.29 is 19.0 Å². The van der Waals surface area contributed by atoms with Crippen molar-refractivity contribution in [3.05, 3.63) is 35.3 Å². The Balaban J connectivity index is 1.73. The van der Waals surface area contributed by atoms with Gasteiger partial charge in [0.2, 0.25) is 5.91 Å². The fourth-order valence-corrected chi connectivity index (χ4v) is 4.50. The molecule has 1 amide bonds. The summed E-state index contributed by atoms with van der Waals surface area (Å²) in [6.07, 6.45) is 0.418. The number of fused-ring (bicyclic) bond motifs is 1. The second-order valence-corrected chi connectivity index (χ2v) is 8.42. The van der Waals surface area contributed by atoms with Gasteiger partial charge in [-0.2, -0.15) is 0 Å². The van der Waals surface area contributed by atoms with Gasteiger partial charge in [0.1, 0.15) is 11.9 Å². The number of hydrogen-bond donors (Lipinski definition) is 1. The molecule has 2 aromatic carbocycles. The first-order valence-corrected chi connectivity index (χ1v) is 10.4. The quantitative estimate of drug-likeness (QED) is 0.657. The van der Waals surface area contributed by atoms with Crippen molar-refractivity contribution in [1.29, 1.82) is 0 Å². The van der Waals surface area contributed by atoms with Crippen molar-refractivity contribution in [2.75, 3.05) is 20.8 Å². The SMILES string of the molecule is COc1ccc(-c2cc(O[C@H](C)[C@H]3CNC(=O)C3)c3sc(C)nc3c2)cc1OC. The molecule has 1 aliphatic heterocycles. The fourth-order valence-electron chi connectivity index (χ4n) is 3.64. The van der Waals surface area contributed by atoms with E-state index >= 15 is 0 Å². The van der Waals surface area contributed by atoms with E-state index in [1.54, 1.807) is 25.6 Å². The molecule has 1 fully saturated rings. The predicted molar refractivity (Wildman–Crippen MR) is 114 cm³/mol. The average Bonchev–Trinajstić information content (AvgIpc) is 3.32. The molecule has 0 saturated carbocycles. The summed E-state index contributed by atoms with van der Waals surface area (Å²) in [5, 5.41) is 3.87. The maximum Gasteiger partial charge on any atom is 0.220 e. The van der Waals surface area contributed by atoms with Gasteiger partial charge in [-0.15, -0.1) is 11.3 Å². The summed E-state index contributed by atoms with van der Waals surface area (Å²) in [5.41, 5.74) is 2.89. The molecule has 1 saturated heterocycles. The van der Waals surface area contributed by atoms with E-state index in [0.717, 1.165) is 32.1 Å². The first-order valence-electron chi connectivity index (χ1n) is 9.55. The number of methoxy groups -OCH3 is 2. The maximum atomic E-state index is 11.6. The molecule has 4 rings (SSSR count). The van der Waals surface area contributed by atoms with E-state index in [1.807, 2.05) is 38.1 Å². The van der Waals surface area contributed by atoms with Gasteiger partial charge in [0.15, 0.2) is 11.5 Å². The lowest BCUT2D eigenvalue weighted by Crippen LogP contribution is -2.25. The molecule has 7 heteroatoms. The lowest BCUT2D eigenvalue weighted by atomic mass is 10.0.